The number of imide groups is 1. The third-order valence-electron chi connectivity index (χ3n) is 3.03. The molecule has 1 aromatic heterocycles. The van der Waals surface area contributed by atoms with E-state index in [0.717, 1.165) is 16.5 Å². The molecular formula is C12H11N3O3. The van der Waals surface area contributed by atoms with Crippen molar-refractivity contribution in [2.75, 3.05) is 0 Å². The van der Waals surface area contributed by atoms with Gasteiger partial charge in [0.2, 0.25) is 0 Å². The molecular weight excluding hydrogens is 234 g/mol. The molecule has 6 nitrogen and oxygen atoms in total. The summed E-state index contributed by atoms with van der Waals surface area (Å²) < 4.78 is 0. The Morgan fingerprint density at radius 2 is 2.11 bits per heavy atom. The van der Waals surface area contributed by atoms with Crippen LogP contribution < -0.4 is 10.6 Å². The van der Waals surface area contributed by atoms with Gasteiger partial charge in [-0.15, -0.1) is 0 Å². The molecule has 2 aromatic rings. The number of aromatic hydroxyl groups is 1. The van der Waals surface area contributed by atoms with Crippen LogP contribution in [0, 0.1) is 0 Å². The van der Waals surface area contributed by atoms with Gasteiger partial charge in [-0.05, 0) is 23.8 Å². The molecule has 4 N–H and O–H groups in total. The first-order valence-corrected chi connectivity index (χ1v) is 5.54. The number of benzene rings is 1. The normalized spacial score (nSPS) is 19.0. The topological polar surface area (TPSA) is 94.2 Å². The minimum Gasteiger partial charge on any atom is -0.508 e. The van der Waals surface area contributed by atoms with Gasteiger partial charge >= 0.3 is 6.03 Å². The van der Waals surface area contributed by atoms with Crippen LogP contribution in [0.15, 0.2) is 24.4 Å². The minimum absolute atomic E-state index is 0.170. The minimum atomic E-state index is -0.557. The fourth-order valence-electron chi connectivity index (χ4n) is 2.16. The van der Waals surface area contributed by atoms with Crippen LogP contribution in [-0.4, -0.2) is 28.1 Å². The monoisotopic (exact) mass is 245 g/mol. The highest BCUT2D eigenvalue weighted by Crippen LogP contribution is 2.24. The molecule has 0 bridgehead atoms. The number of amides is 3. The van der Waals surface area contributed by atoms with Crippen molar-refractivity contribution in [1.29, 1.82) is 0 Å². The fourth-order valence-corrected chi connectivity index (χ4v) is 2.16. The third kappa shape index (κ3) is 1.67. The average molecular weight is 245 g/mol. The molecule has 0 aliphatic carbocycles. The number of rotatable bonds is 2. The number of carbonyl (C=O) groups excluding carboxylic acids is 2. The zero-order valence-corrected chi connectivity index (χ0v) is 9.36. The van der Waals surface area contributed by atoms with E-state index in [9.17, 15) is 14.7 Å². The maximum Gasteiger partial charge on any atom is 0.322 e. The summed E-state index contributed by atoms with van der Waals surface area (Å²) in [6.45, 7) is 0. The van der Waals surface area contributed by atoms with Gasteiger partial charge in [-0.25, -0.2) is 4.79 Å². The van der Waals surface area contributed by atoms with Gasteiger partial charge in [0.05, 0.1) is 0 Å². The van der Waals surface area contributed by atoms with E-state index >= 15 is 0 Å². The average Bonchev–Trinajstić information content (AvgIpc) is 2.84. The largest absolute Gasteiger partial charge is 0.508 e. The van der Waals surface area contributed by atoms with Crippen LogP contribution in [0.5, 0.6) is 5.75 Å². The standard InChI is InChI=1S/C12H11N3O3/c16-7-1-2-9-8(4-7)6(5-13-9)3-10-11(17)15-12(18)14-10/h1-2,4-5,10,13,16H,3H2,(H2,14,15,17,18). The number of aromatic amines is 1. The summed E-state index contributed by atoms with van der Waals surface area (Å²) in [4.78, 5) is 25.5. The van der Waals surface area contributed by atoms with Crippen LogP contribution in [0.1, 0.15) is 5.56 Å². The third-order valence-corrected chi connectivity index (χ3v) is 3.03. The van der Waals surface area contributed by atoms with E-state index in [1.54, 1.807) is 24.4 Å². The van der Waals surface area contributed by atoms with Crippen molar-refractivity contribution >= 4 is 22.8 Å². The van der Waals surface area contributed by atoms with E-state index in [0.29, 0.717) is 6.42 Å². The summed E-state index contributed by atoms with van der Waals surface area (Å²) in [5, 5.41) is 15.1. The molecule has 0 radical (unpaired) electrons. The lowest BCUT2D eigenvalue weighted by Gasteiger charge is -2.05. The van der Waals surface area contributed by atoms with Crippen LogP contribution in [-0.2, 0) is 11.2 Å². The lowest BCUT2D eigenvalue weighted by atomic mass is 10.1. The number of phenols is 1. The van der Waals surface area contributed by atoms with Gasteiger partial charge in [-0.3, -0.25) is 10.1 Å². The van der Waals surface area contributed by atoms with E-state index in [-0.39, 0.29) is 11.7 Å². The van der Waals surface area contributed by atoms with Crippen molar-refractivity contribution in [3.05, 3.63) is 30.0 Å². The number of carbonyl (C=O) groups is 2. The number of fused-ring (bicyclic) bond motifs is 1. The van der Waals surface area contributed by atoms with Crippen LogP contribution in [0.2, 0.25) is 0 Å². The molecule has 1 atom stereocenters. The van der Waals surface area contributed by atoms with E-state index in [2.05, 4.69) is 15.6 Å². The predicted molar refractivity (Wildman–Crippen MR) is 64.1 cm³/mol. The second-order valence-electron chi connectivity index (χ2n) is 4.26. The molecule has 3 amide bonds. The second kappa shape index (κ2) is 3.76. The maximum atomic E-state index is 11.5. The first-order chi connectivity index (χ1) is 8.63. The van der Waals surface area contributed by atoms with Gasteiger partial charge < -0.3 is 15.4 Å². The summed E-state index contributed by atoms with van der Waals surface area (Å²) in [6.07, 6.45) is 2.17. The lowest BCUT2D eigenvalue weighted by Crippen LogP contribution is -2.30. The number of hydrogen-bond acceptors (Lipinski definition) is 3. The van der Waals surface area contributed by atoms with Crippen LogP contribution in [0.4, 0.5) is 4.79 Å². The SMILES string of the molecule is O=C1NC(=O)C(Cc2c[nH]c3ccc(O)cc23)N1. The summed E-state index contributed by atoms with van der Waals surface area (Å²) in [5.41, 5.74) is 1.76. The number of hydrogen-bond donors (Lipinski definition) is 4. The second-order valence-corrected chi connectivity index (χ2v) is 4.26. The van der Waals surface area contributed by atoms with Crippen LogP contribution in [0.25, 0.3) is 10.9 Å². The fraction of sp³-hybridized carbons (Fsp3) is 0.167. The zero-order valence-electron chi connectivity index (χ0n) is 9.36. The van der Waals surface area contributed by atoms with Gasteiger partial charge in [-0.2, -0.15) is 0 Å². The molecule has 18 heavy (non-hydrogen) atoms. The predicted octanol–water partition coefficient (Wildman–Crippen LogP) is 0.624. The van der Waals surface area contributed by atoms with Crippen molar-refractivity contribution in [1.82, 2.24) is 15.6 Å². The van der Waals surface area contributed by atoms with Gasteiger partial charge in [0, 0.05) is 23.5 Å². The van der Waals surface area contributed by atoms with Crippen molar-refractivity contribution in [3.63, 3.8) is 0 Å². The van der Waals surface area contributed by atoms with Crippen LogP contribution in [0.3, 0.4) is 0 Å². The molecule has 0 saturated carbocycles. The Kier molecular flexibility index (Phi) is 2.22. The van der Waals surface area contributed by atoms with Crippen molar-refractivity contribution in [2.45, 2.75) is 12.5 Å². The number of urea groups is 1. The van der Waals surface area contributed by atoms with E-state index in [4.69, 9.17) is 0 Å². The zero-order chi connectivity index (χ0) is 12.7. The first kappa shape index (κ1) is 10.6. The molecule has 92 valence electrons. The van der Waals surface area contributed by atoms with Gasteiger partial charge in [0.15, 0.2) is 0 Å². The van der Waals surface area contributed by atoms with Gasteiger partial charge in [-0.1, -0.05) is 0 Å². The number of nitrogens with one attached hydrogen (secondary N) is 3. The molecule has 6 heteroatoms. The first-order valence-electron chi connectivity index (χ1n) is 5.54. The molecule has 1 fully saturated rings. The number of phenolic OH excluding ortho intramolecular Hbond substituents is 1. The summed E-state index contributed by atoms with van der Waals surface area (Å²) in [5.74, 6) is -0.155. The molecule has 3 rings (SSSR count). The quantitative estimate of drug-likeness (QED) is 0.584. The van der Waals surface area contributed by atoms with Gasteiger partial charge in [0.25, 0.3) is 5.91 Å². The summed E-state index contributed by atoms with van der Waals surface area (Å²) >= 11 is 0. The van der Waals surface area contributed by atoms with Crippen LogP contribution >= 0.6 is 0 Å². The number of aromatic nitrogens is 1. The lowest BCUT2D eigenvalue weighted by molar-refractivity contribution is -0.120. The van der Waals surface area contributed by atoms with Crippen molar-refractivity contribution in [3.8, 4) is 5.75 Å². The Balaban J connectivity index is 1.93. The molecule has 2 heterocycles. The van der Waals surface area contributed by atoms with E-state index < -0.39 is 12.1 Å². The van der Waals surface area contributed by atoms with Crippen molar-refractivity contribution < 1.29 is 14.7 Å². The molecule has 1 aromatic carbocycles. The Hall–Kier alpha value is -2.50. The van der Waals surface area contributed by atoms with Crippen molar-refractivity contribution in [2.24, 2.45) is 0 Å². The molecule has 1 unspecified atom stereocenters. The Labute approximate surface area is 102 Å². The van der Waals surface area contributed by atoms with E-state index in [1.165, 1.54) is 0 Å². The van der Waals surface area contributed by atoms with E-state index in [1.807, 2.05) is 0 Å². The van der Waals surface area contributed by atoms with Gasteiger partial charge in [0.1, 0.15) is 11.8 Å². The Morgan fingerprint density at radius 1 is 1.28 bits per heavy atom. The maximum absolute atomic E-state index is 11.5. The highest BCUT2D eigenvalue weighted by molar-refractivity contribution is 6.04. The molecule has 0 spiro atoms. The summed E-state index contributed by atoms with van der Waals surface area (Å²) in [7, 11) is 0. The molecule has 1 aliphatic heterocycles. The summed E-state index contributed by atoms with van der Waals surface area (Å²) in [6, 6.07) is 3.97. The Bertz CT molecular complexity index is 647. The molecule has 1 saturated heterocycles. The highest BCUT2D eigenvalue weighted by Gasteiger charge is 2.29. The highest BCUT2D eigenvalue weighted by atomic mass is 16.3. The smallest absolute Gasteiger partial charge is 0.322 e. The number of H-pyrrole nitrogens is 1. The molecule has 1 aliphatic rings. The Morgan fingerprint density at radius 3 is 2.83 bits per heavy atom.